The van der Waals surface area contributed by atoms with Gasteiger partial charge in [0.1, 0.15) is 11.6 Å². The summed E-state index contributed by atoms with van der Waals surface area (Å²) in [4.78, 5) is 14.2. The van der Waals surface area contributed by atoms with Crippen LogP contribution in [0.15, 0.2) is 35.1 Å². The van der Waals surface area contributed by atoms with Gasteiger partial charge in [-0.25, -0.2) is 0 Å². The van der Waals surface area contributed by atoms with Crippen molar-refractivity contribution in [2.75, 3.05) is 14.2 Å². The number of rotatable bonds is 3. The number of methoxy groups -OCH3 is 2. The minimum atomic E-state index is -0.408. The fraction of sp³-hybridized carbons (Fsp3) is 0.143. The predicted molar refractivity (Wildman–Crippen MR) is 70.3 cm³/mol. The van der Waals surface area contributed by atoms with Crippen LogP contribution in [0.25, 0.3) is 11.3 Å². The van der Waals surface area contributed by atoms with Crippen LogP contribution < -0.4 is 15.0 Å². The van der Waals surface area contributed by atoms with Crippen molar-refractivity contribution < 1.29 is 9.47 Å². The third kappa shape index (κ3) is 2.43. The summed E-state index contributed by atoms with van der Waals surface area (Å²) in [5.41, 5.74) is 1.07. The van der Waals surface area contributed by atoms with E-state index in [0.717, 1.165) is 5.56 Å². The molecular formula is C14H12N2O3. The predicted octanol–water partition coefficient (Wildman–Crippen LogP) is 1.93. The molecule has 0 unspecified atom stereocenters. The quantitative estimate of drug-likeness (QED) is 0.910. The molecule has 1 aromatic carbocycles. The van der Waals surface area contributed by atoms with E-state index in [2.05, 4.69) is 4.98 Å². The first-order valence-corrected chi connectivity index (χ1v) is 5.55. The molecule has 0 radical (unpaired) electrons. The Morgan fingerprint density at radius 1 is 1.11 bits per heavy atom. The molecule has 0 fully saturated rings. The molecule has 96 valence electrons. The molecule has 0 aliphatic carbocycles. The molecule has 5 nitrogen and oxygen atoms in total. The smallest absolute Gasteiger partial charge is 0.266 e. The van der Waals surface area contributed by atoms with Gasteiger partial charge >= 0.3 is 0 Å². The molecule has 0 saturated heterocycles. The van der Waals surface area contributed by atoms with E-state index >= 15 is 0 Å². The molecule has 5 heteroatoms. The van der Waals surface area contributed by atoms with Gasteiger partial charge in [0.2, 0.25) is 0 Å². The monoisotopic (exact) mass is 256 g/mol. The van der Waals surface area contributed by atoms with Crippen LogP contribution in [0.3, 0.4) is 0 Å². The van der Waals surface area contributed by atoms with E-state index in [1.165, 1.54) is 6.07 Å². The van der Waals surface area contributed by atoms with Gasteiger partial charge in [-0.05, 0) is 30.3 Å². The van der Waals surface area contributed by atoms with Gasteiger partial charge in [0.25, 0.3) is 5.56 Å². The molecule has 1 heterocycles. The number of hydrogen-bond donors (Lipinski definition) is 1. The highest BCUT2D eigenvalue weighted by Gasteiger charge is 2.07. The van der Waals surface area contributed by atoms with E-state index in [1.54, 1.807) is 38.5 Å². The van der Waals surface area contributed by atoms with Crippen LogP contribution >= 0.6 is 0 Å². The fourth-order valence-corrected chi connectivity index (χ4v) is 1.73. The minimum absolute atomic E-state index is 0.0872. The Bertz CT molecular complexity index is 699. The molecule has 19 heavy (non-hydrogen) atoms. The van der Waals surface area contributed by atoms with Crippen molar-refractivity contribution in [1.29, 1.82) is 5.26 Å². The lowest BCUT2D eigenvalue weighted by Gasteiger charge is -2.09. The number of nitrogens with zero attached hydrogens (tertiary/aromatic N) is 1. The van der Waals surface area contributed by atoms with Gasteiger partial charge in [-0.15, -0.1) is 0 Å². The highest BCUT2D eigenvalue weighted by molar-refractivity contribution is 5.64. The second kappa shape index (κ2) is 5.27. The Balaban J connectivity index is 2.51. The first kappa shape index (κ1) is 12.7. The number of hydrogen-bond acceptors (Lipinski definition) is 4. The zero-order valence-electron chi connectivity index (χ0n) is 10.6. The number of H-pyrrole nitrogens is 1. The Morgan fingerprint density at radius 3 is 2.42 bits per heavy atom. The van der Waals surface area contributed by atoms with Gasteiger partial charge in [-0.1, -0.05) is 0 Å². The average Bonchev–Trinajstić information content (AvgIpc) is 2.46. The second-order valence-electron chi connectivity index (χ2n) is 3.80. The third-order valence-corrected chi connectivity index (χ3v) is 2.72. The van der Waals surface area contributed by atoms with E-state index in [4.69, 9.17) is 14.7 Å². The fourth-order valence-electron chi connectivity index (χ4n) is 1.73. The maximum absolute atomic E-state index is 11.6. The molecule has 1 N–H and O–H groups in total. The van der Waals surface area contributed by atoms with E-state index in [-0.39, 0.29) is 5.56 Å². The number of aromatic nitrogens is 1. The number of nitriles is 1. The zero-order valence-corrected chi connectivity index (χ0v) is 10.6. The number of pyridine rings is 1. The summed E-state index contributed by atoms with van der Waals surface area (Å²) in [6.45, 7) is 0. The van der Waals surface area contributed by atoms with Crippen LogP contribution in [0, 0.1) is 11.3 Å². The number of aromatic amines is 1. The molecule has 2 rings (SSSR count). The van der Waals surface area contributed by atoms with Gasteiger partial charge in [0.05, 0.1) is 14.2 Å². The van der Waals surface area contributed by atoms with Crippen LogP contribution in [0.5, 0.6) is 11.5 Å². The van der Waals surface area contributed by atoms with Crippen molar-refractivity contribution in [3.8, 4) is 28.8 Å². The Labute approximate surface area is 110 Å². The molecule has 0 aliphatic rings. The Kier molecular flexibility index (Phi) is 3.53. The Morgan fingerprint density at radius 2 is 1.84 bits per heavy atom. The van der Waals surface area contributed by atoms with Gasteiger partial charge in [-0.2, -0.15) is 5.26 Å². The topological polar surface area (TPSA) is 75.1 Å². The van der Waals surface area contributed by atoms with Crippen molar-refractivity contribution in [3.05, 3.63) is 46.2 Å². The maximum Gasteiger partial charge on any atom is 0.266 e. The highest BCUT2D eigenvalue weighted by Crippen LogP contribution is 2.31. The molecule has 1 aromatic heterocycles. The summed E-state index contributed by atoms with van der Waals surface area (Å²) in [5.74, 6) is 1.19. The minimum Gasteiger partial charge on any atom is -0.493 e. The van der Waals surface area contributed by atoms with Crippen LogP contribution in [0.2, 0.25) is 0 Å². The van der Waals surface area contributed by atoms with Crippen molar-refractivity contribution in [2.45, 2.75) is 0 Å². The SMILES string of the molecule is COc1ccc(-c2ccc(C#N)c(=O)[nH]2)cc1OC. The maximum atomic E-state index is 11.6. The molecular weight excluding hydrogens is 244 g/mol. The molecule has 0 amide bonds. The summed E-state index contributed by atoms with van der Waals surface area (Å²) in [6.07, 6.45) is 0. The number of ether oxygens (including phenoxy) is 2. The normalized spacial score (nSPS) is 9.74. The van der Waals surface area contributed by atoms with Gasteiger partial charge in [-0.3, -0.25) is 4.79 Å². The molecule has 2 aromatic rings. The first-order chi connectivity index (χ1) is 9.19. The summed E-state index contributed by atoms with van der Waals surface area (Å²) < 4.78 is 10.4. The van der Waals surface area contributed by atoms with Crippen LogP contribution in [-0.4, -0.2) is 19.2 Å². The van der Waals surface area contributed by atoms with E-state index in [9.17, 15) is 4.79 Å². The number of nitrogens with one attached hydrogen (secondary N) is 1. The molecule has 0 aliphatic heterocycles. The van der Waals surface area contributed by atoms with E-state index in [1.807, 2.05) is 6.07 Å². The lowest BCUT2D eigenvalue weighted by molar-refractivity contribution is 0.355. The van der Waals surface area contributed by atoms with Crippen LogP contribution in [0.4, 0.5) is 0 Å². The van der Waals surface area contributed by atoms with Gasteiger partial charge < -0.3 is 14.5 Å². The molecule has 0 bridgehead atoms. The molecule has 0 saturated carbocycles. The summed E-state index contributed by atoms with van der Waals surface area (Å²) in [6, 6.07) is 10.3. The van der Waals surface area contributed by atoms with Crippen LogP contribution in [-0.2, 0) is 0 Å². The van der Waals surface area contributed by atoms with Crippen molar-refractivity contribution in [1.82, 2.24) is 4.98 Å². The summed E-state index contributed by atoms with van der Waals surface area (Å²) in [7, 11) is 3.10. The van der Waals surface area contributed by atoms with Crippen molar-refractivity contribution in [3.63, 3.8) is 0 Å². The standard InChI is InChI=1S/C14H12N2O3/c1-18-12-6-4-9(7-13(12)19-2)11-5-3-10(8-15)14(17)16-11/h3-7H,1-2H3,(H,16,17). The third-order valence-electron chi connectivity index (χ3n) is 2.72. The second-order valence-corrected chi connectivity index (χ2v) is 3.80. The highest BCUT2D eigenvalue weighted by atomic mass is 16.5. The van der Waals surface area contributed by atoms with Crippen molar-refractivity contribution >= 4 is 0 Å². The van der Waals surface area contributed by atoms with Crippen molar-refractivity contribution in [2.24, 2.45) is 0 Å². The lowest BCUT2D eigenvalue weighted by atomic mass is 10.1. The molecule has 0 spiro atoms. The first-order valence-electron chi connectivity index (χ1n) is 5.55. The average molecular weight is 256 g/mol. The van der Waals surface area contributed by atoms with E-state index < -0.39 is 5.56 Å². The zero-order chi connectivity index (χ0) is 13.8. The number of benzene rings is 1. The van der Waals surface area contributed by atoms with Gasteiger partial charge in [0.15, 0.2) is 11.5 Å². The Hall–Kier alpha value is -2.74. The van der Waals surface area contributed by atoms with E-state index in [0.29, 0.717) is 17.2 Å². The molecule has 0 atom stereocenters. The largest absolute Gasteiger partial charge is 0.493 e. The van der Waals surface area contributed by atoms with Crippen LogP contribution in [0.1, 0.15) is 5.56 Å². The summed E-state index contributed by atoms with van der Waals surface area (Å²) >= 11 is 0. The summed E-state index contributed by atoms with van der Waals surface area (Å²) in [5, 5.41) is 8.72. The lowest BCUT2D eigenvalue weighted by Crippen LogP contribution is -2.10. The van der Waals surface area contributed by atoms with Gasteiger partial charge in [0, 0.05) is 11.3 Å².